The van der Waals surface area contributed by atoms with Crippen LogP contribution in [0.15, 0.2) is 66.7 Å². The van der Waals surface area contributed by atoms with Crippen LogP contribution in [0.5, 0.6) is 5.75 Å². The third-order valence-electron chi connectivity index (χ3n) is 7.05. The Morgan fingerprint density at radius 1 is 1.03 bits per heavy atom. The number of aliphatic hydroxyl groups excluding tert-OH is 1. The molecule has 0 saturated carbocycles. The first-order valence-electron chi connectivity index (χ1n) is 12.7. The highest BCUT2D eigenvalue weighted by molar-refractivity contribution is 5.96. The van der Waals surface area contributed by atoms with Crippen LogP contribution in [-0.4, -0.2) is 39.8 Å². The minimum Gasteiger partial charge on any atom is -0.490 e. The molecule has 36 heavy (non-hydrogen) atoms. The predicted octanol–water partition coefficient (Wildman–Crippen LogP) is 5.18. The van der Waals surface area contributed by atoms with Gasteiger partial charge in [0.15, 0.2) is 0 Å². The molecule has 6 nitrogen and oxygen atoms in total. The molecule has 1 aliphatic heterocycles. The first kappa shape index (κ1) is 24.1. The van der Waals surface area contributed by atoms with E-state index >= 15 is 0 Å². The lowest BCUT2D eigenvalue weighted by atomic mass is 10.1. The molecule has 1 N–H and O–H groups in total. The van der Waals surface area contributed by atoms with Gasteiger partial charge >= 0.3 is 0 Å². The fraction of sp³-hybridized carbons (Fsp3) is 0.333. The number of nitrogens with zero attached hydrogens (tertiary/aromatic N) is 3. The number of ether oxygens (including phenoxy) is 1. The first-order chi connectivity index (χ1) is 17.4. The smallest absolute Gasteiger partial charge is 0.227 e. The molecule has 186 valence electrons. The van der Waals surface area contributed by atoms with Gasteiger partial charge in [0.05, 0.1) is 17.6 Å². The van der Waals surface area contributed by atoms with Crippen LogP contribution in [0.4, 0.5) is 5.69 Å². The number of fused-ring (bicyclic) bond motifs is 1. The summed E-state index contributed by atoms with van der Waals surface area (Å²) >= 11 is 0. The van der Waals surface area contributed by atoms with Crippen molar-refractivity contribution in [3.05, 3.63) is 89.2 Å². The van der Waals surface area contributed by atoms with Crippen molar-refractivity contribution in [2.24, 2.45) is 0 Å². The molecule has 0 unspecified atom stereocenters. The molecule has 6 heteroatoms. The number of para-hydroxylation sites is 3. The van der Waals surface area contributed by atoms with Crippen molar-refractivity contribution in [3.63, 3.8) is 0 Å². The van der Waals surface area contributed by atoms with Gasteiger partial charge in [0.25, 0.3) is 0 Å². The van der Waals surface area contributed by atoms with Gasteiger partial charge in [-0.25, -0.2) is 4.98 Å². The van der Waals surface area contributed by atoms with E-state index < -0.39 is 6.10 Å². The summed E-state index contributed by atoms with van der Waals surface area (Å²) in [5.74, 6) is 1.70. The fourth-order valence-corrected chi connectivity index (χ4v) is 5.11. The molecule has 1 fully saturated rings. The van der Waals surface area contributed by atoms with Gasteiger partial charge in [-0.3, -0.25) is 4.79 Å². The molecule has 1 saturated heterocycles. The zero-order valence-corrected chi connectivity index (χ0v) is 21.1. The molecule has 1 amide bonds. The second-order valence-corrected chi connectivity index (χ2v) is 9.68. The van der Waals surface area contributed by atoms with Crippen molar-refractivity contribution in [1.29, 1.82) is 0 Å². The largest absolute Gasteiger partial charge is 0.490 e. The van der Waals surface area contributed by atoms with Gasteiger partial charge in [-0.05, 0) is 61.2 Å². The Kier molecular flexibility index (Phi) is 6.79. The number of carbonyl (C=O) groups is 1. The van der Waals surface area contributed by atoms with E-state index in [2.05, 4.69) is 23.6 Å². The summed E-state index contributed by atoms with van der Waals surface area (Å²) in [7, 11) is 0. The van der Waals surface area contributed by atoms with Crippen LogP contribution >= 0.6 is 0 Å². The van der Waals surface area contributed by atoms with Crippen LogP contribution in [0.25, 0.3) is 11.0 Å². The number of benzene rings is 3. The Morgan fingerprint density at radius 2 is 1.75 bits per heavy atom. The molecule has 4 aromatic rings. The normalized spacial score (nSPS) is 16.6. The maximum atomic E-state index is 13.0. The Bertz CT molecular complexity index is 1360. The van der Waals surface area contributed by atoms with Crippen LogP contribution in [0.3, 0.4) is 0 Å². The second-order valence-electron chi connectivity index (χ2n) is 9.68. The number of amides is 1. The van der Waals surface area contributed by atoms with Gasteiger partial charge in [-0.15, -0.1) is 0 Å². The van der Waals surface area contributed by atoms with E-state index in [0.717, 1.165) is 45.8 Å². The standard InChI is InChI=1S/C30H33N3O3/c1-4-22-12-14-24(15-13-22)32-17-23(16-28(32)35)30-31-26-10-5-6-11-27(26)33(30)18-25(34)19-36-29-20(2)8-7-9-21(29)3/h5-15,23,25,34H,4,16-19H2,1-3H3/t23-,25-/m1/s1. The van der Waals surface area contributed by atoms with Gasteiger partial charge in [0.2, 0.25) is 5.91 Å². The third kappa shape index (κ3) is 4.73. The van der Waals surface area contributed by atoms with E-state index in [4.69, 9.17) is 9.72 Å². The quantitative estimate of drug-likeness (QED) is 0.375. The highest BCUT2D eigenvalue weighted by Gasteiger charge is 2.35. The summed E-state index contributed by atoms with van der Waals surface area (Å²) in [5, 5.41) is 11.0. The highest BCUT2D eigenvalue weighted by atomic mass is 16.5. The molecule has 0 radical (unpaired) electrons. The highest BCUT2D eigenvalue weighted by Crippen LogP contribution is 2.33. The van der Waals surface area contributed by atoms with Crippen molar-refractivity contribution in [3.8, 4) is 5.75 Å². The van der Waals surface area contributed by atoms with Crippen molar-refractivity contribution in [1.82, 2.24) is 9.55 Å². The Hall–Kier alpha value is -3.64. The van der Waals surface area contributed by atoms with E-state index in [9.17, 15) is 9.90 Å². The predicted molar refractivity (Wildman–Crippen MR) is 143 cm³/mol. The maximum absolute atomic E-state index is 13.0. The minimum absolute atomic E-state index is 0.0533. The monoisotopic (exact) mass is 483 g/mol. The summed E-state index contributed by atoms with van der Waals surface area (Å²) in [6, 6.07) is 22.2. The Balaban J connectivity index is 1.38. The number of imidazole rings is 1. The van der Waals surface area contributed by atoms with Crippen LogP contribution in [0, 0.1) is 13.8 Å². The Labute approximate surface area is 212 Å². The number of hydrogen-bond acceptors (Lipinski definition) is 4. The number of anilines is 1. The molecule has 5 rings (SSSR count). The van der Waals surface area contributed by atoms with Crippen molar-refractivity contribution in [2.45, 2.75) is 52.2 Å². The van der Waals surface area contributed by atoms with Crippen LogP contribution < -0.4 is 9.64 Å². The fourth-order valence-electron chi connectivity index (χ4n) is 5.11. The van der Waals surface area contributed by atoms with Crippen LogP contribution in [-0.2, 0) is 17.8 Å². The molecule has 3 aromatic carbocycles. The van der Waals surface area contributed by atoms with E-state index in [1.165, 1.54) is 5.56 Å². The molecule has 1 aromatic heterocycles. The average Bonchev–Trinajstić information content (AvgIpc) is 3.44. The first-order valence-corrected chi connectivity index (χ1v) is 12.7. The average molecular weight is 484 g/mol. The topological polar surface area (TPSA) is 67.6 Å². The maximum Gasteiger partial charge on any atom is 0.227 e. The van der Waals surface area contributed by atoms with Crippen molar-refractivity contribution < 1.29 is 14.6 Å². The molecule has 2 atom stereocenters. The molecular weight excluding hydrogens is 450 g/mol. The SMILES string of the molecule is CCc1ccc(N2C[C@H](c3nc4ccccc4n3C[C@@H](O)COc3c(C)cccc3C)CC2=O)cc1. The molecule has 1 aliphatic rings. The molecular formula is C30H33N3O3. The van der Waals surface area contributed by atoms with E-state index in [-0.39, 0.29) is 18.4 Å². The minimum atomic E-state index is -0.727. The molecule has 0 aliphatic carbocycles. The summed E-state index contributed by atoms with van der Waals surface area (Å²) < 4.78 is 8.09. The summed E-state index contributed by atoms with van der Waals surface area (Å²) in [6.45, 7) is 7.23. The number of carbonyl (C=O) groups excluding carboxylic acids is 1. The van der Waals surface area contributed by atoms with Crippen LogP contribution in [0.1, 0.15) is 41.8 Å². The zero-order valence-electron chi connectivity index (χ0n) is 21.1. The molecule has 0 spiro atoms. The van der Waals surface area contributed by atoms with Gasteiger partial charge in [0.1, 0.15) is 24.3 Å². The lowest BCUT2D eigenvalue weighted by Crippen LogP contribution is -2.26. The number of aromatic nitrogens is 2. The second kappa shape index (κ2) is 10.2. The number of aliphatic hydroxyl groups is 1. The lowest BCUT2D eigenvalue weighted by molar-refractivity contribution is -0.117. The summed E-state index contributed by atoms with van der Waals surface area (Å²) in [6.07, 6.45) is 0.639. The number of hydrogen-bond donors (Lipinski definition) is 1. The van der Waals surface area contributed by atoms with Gasteiger partial charge in [0, 0.05) is 24.6 Å². The van der Waals surface area contributed by atoms with Crippen molar-refractivity contribution >= 4 is 22.6 Å². The third-order valence-corrected chi connectivity index (χ3v) is 7.05. The number of aryl methyl sites for hydroxylation is 3. The van der Waals surface area contributed by atoms with Gasteiger partial charge in [-0.1, -0.05) is 49.4 Å². The van der Waals surface area contributed by atoms with E-state index in [0.29, 0.717) is 19.5 Å². The van der Waals surface area contributed by atoms with E-state index in [1.807, 2.05) is 73.3 Å². The van der Waals surface area contributed by atoms with Crippen LogP contribution in [0.2, 0.25) is 0 Å². The summed E-state index contributed by atoms with van der Waals surface area (Å²) in [5.41, 5.74) is 6.09. The summed E-state index contributed by atoms with van der Waals surface area (Å²) in [4.78, 5) is 19.8. The number of rotatable bonds is 8. The van der Waals surface area contributed by atoms with Gasteiger partial charge in [-0.2, -0.15) is 0 Å². The lowest BCUT2D eigenvalue weighted by Gasteiger charge is -2.20. The van der Waals surface area contributed by atoms with Crippen molar-refractivity contribution in [2.75, 3.05) is 18.1 Å². The Morgan fingerprint density at radius 3 is 2.47 bits per heavy atom. The zero-order chi connectivity index (χ0) is 25.2. The van der Waals surface area contributed by atoms with E-state index in [1.54, 1.807) is 0 Å². The molecule has 0 bridgehead atoms. The molecule has 2 heterocycles. The van der Waals surface area contributed by atoms with Gasteiger partial charge < -0.3 is 19.3 Å².